The summed E-state index contributed by atoms with van der Waals surface area (Å²) in [4.78, 5) is 34.4. The molecule has 1 aromatic heterocycles. The molecule has 0 N–H and O–H groups in total. The highest BCUT2D eigenvalue weighted by Crippen LogP contribution is 2.43. The quantitative estimate of drug-likeness (QED) is 0.641. The van der Waals surface area contributed by atoms with Crippen molar-refractivity contribution in [2.45, 2.75) is 13.1 Å². The number of Topliss-reactive ketones (excluding diaryl/α,β-unsaturated/α-hetero) is 2. The Morgan fingerprint density at radius 2 is 1.90 bits per heavy atom. The minimum Gasteiger partial charge on any atom is -0.319 e. The summed E-state index contributed by atoms with van der Waals surface area (Å²) in [6.07, 6.45) is 2.25. The summed E-state index contributed by atoms with van der Waals surface area (Å²) in [6, 6.07) is 12.2. The molecule has 2 aliphatic rings. The molecule has 0 bridgehead atoms. The molecule has 6 heteroatoms. The molecule has 1 atom stereocenters. The molecule has 0 saturated carbocycles. The molecular formula is C23H23N3O3. The number of hydrogen-bond acceptors (Lipinski definition) is 5. The van der Waals surface area contributed by atoms with Crippen LogP contribution >= 0.6 is 0 Å². The minimum atomic E-state index is -0.661. The summed E-state index contributed by atoms with van der Waals surface area (Å²) in [6.45, 7) is 1.12. The van der Waals surface area contributed by atoms with Crippen LogP contribution < -0.4 is 0 Å². The first-order valence-corrected chi connectivity index (χ1v) is 9.81. The van der Waals surface area contributed by atoms with E-state index in [0.29, 0.717) is 30.8 Å². The lowest BCUT2D eigenvalue weighted by atomic mass is 9.78. The fourth-order valence-electron chi connectivity index (χ4n) is 4.59. The molecule has 148 valence electrons. The van der Waals surface area contributed by atoms with Gasteiger partial charge in [0.25, 0.3) is 0 Å². The number of carbonyl (C=O) groups excluding carboxylic acids is 2. The van der Waals surface area contributed by atoms with Crippen LogP contribution in [-0.4, -0.2) is 53.8 Å². The molecule has 3 aromatic rings. The zero-order chi connectivity index (χ0) is 20.3. The van der Waals surface area contributed by atoms with Crippen molar-refractivity contribution in [1.29, 1.82) is 0 Å². The Morgan fingerprint density at radius 3 is 2.66 bits per heavy atom. The van der Waals surface area contributed by atoms with Gasteiger partial charge in [0.05, 0.1) is 35.4 Å². The van der Waals surface area contributed by atoms with E-state index in [4.69, 9.17) is 4.84 Å². The number of allylic oxidation sites excluding steroid dienone is 1. The second kappa shape index (κ2) is 6.54. The number of hydrogen-bond donors (Lipinski definition) is 0. The Hall–Kier alpha value is -2.96. The van der Waals surface area contributed by atoms with Gasteiger partial charge >= 0.3 is 0 Å². The fraction of sp³-hybridized carbons (Fsp3) is 0.304. The third kappa shape index (κ3) is 2.56. The average Bonchev–Trinajstić information content (AvgIpc) is 3.06. The molecule has 1 aliphatic carbocycles. The number of fused-ring (bicyclic) bond motifs is 5. The molecule has 0 saturated heterocycles. The lowest BCUT2D eigenvalue weighted by Crippen LogP contribution is -2.37. The number of ketones is 2. The average molecular weight is 389 g/mol. The molecule has 0 radical (unpaired) electrons. The van der Waals surface area contributed by atoms with E-state index in [9.17, 15) is 9.59 Å². The van der Waals surface area contributed by atoms with Crippen LogP contribution in [0.3, 0.4) is 0 Å². The Labute approximate surface area is 168 Å². The van der Waals surface area contributed by atoms with Gasteiger partial charge in [-0.05, 0) is 43.9 Å². The van der Waals surface area contributed by atoms with Gasteiger partial charge in [0, 0.05) is 11.6 Å². The third-order valence-corrected chi connectivity index (χ3v) is 6.01. The molecule has 0 spiro atoms. The monoisotopic (exact) mass is 389 g/mol. The fourth-order valence-corrected chi connectivity index (χ4v) is 4.59. The van der Waals surface area contributed by atoms with Crippen molar-refractivity contribution in [3.8, 4) is 0 Å². The van der Waals surface area contributed by atoms with Crippen molar-refractivity contribution in [2.75, 3.05) is 27.7 Å². The third-order valence-electron chi connectivity index (χ3n) is 6.01. The number of aromatic nitrogens is 1. The van der Waals surface area contributed by atoms with Crippen LogP contribution in [0, 0.1) is 5.92 Å². The zero-order valence-corrected chi connectivity index (χ0v) is 16.8. The van der Waals surface area contributed by atoms with Crippen LogP contribution in [0.5, 0.6) is 0 Å². The van der Waals surface area contributed by atoms with Gasteiger partial charge in [0.2, 0.25) is 0 Å². The number of carbonyl (C=O) groups is 2. The van der Waals surface area contributed by atoms with E-state index in [1.165, 1.54) is 0 Å². The Bertz CT molecular complexity index is 1210. The van der Waals surface area contributed by atoms with Gasteiger partial charge in [-0.1, -0.05) is 30.3 Å². The maximum atomic E-state index is 13.6. The van der Waals surface area contributed by atoms with Gasteiger partial charge in [-0.25, -0.2) is 5.06 Å². The van der Waals surface area contributed by atoms with E-state index in [0.717, 1.165) is 27.4 Å². The van der Waals surface area contributed by atoms with Gasteiger partial charge in [-0.15, -0.1) is 0 Å². The maximum absolute atomic E-state index is 13.6. The highest BCUT2D eigenvalue weighted by atomic mass is 16.7. The standard InChI is InChI=1S/C23H23N3O3/c1-24(2)11-10-16-22(27)17-12-25(29-3)13-26-18-9-8-14-6-4-5-7-15(14)19(18)20(21(17)26)23(16)28/h4-9,12,16H,10-11,13H2,1-3H3. The molecule has 0 amide bonds. The van der Waals surface area contributed by atoms with Gasteiger partial charge in [-0.2, -0.15) is 0 Å². The molecule has 1 aliphatic heterocycles. The van der Waals surface area contributed by atoms with E-state index < -0.39 is 5.92 Å². The van der Waals surface area contributed by atoms with Crippen LogP contribution in [-0.2, 0) is 16.3 Å². The lowest BCUT2D eigenvalue weighted by Gasteiger charge is -2.31. The summed E-state index contributed by atoms with van der Waals surface area (Å²) in [5.74, 6) is -0.833. The van der Waals surface area contributed by atoms with E-state index in [1.807, 2.05) is 41.8 Å². The van der Waals surface area contributed by atoms with Crippen molar-refractivity contribution in [2.24, 2.45) is 5.92 Å². The summed E-state index contributed by atoms with van der Waals surface area (Å²) in [5.41, 5.74) is 2.94. The molecule has 5 rings (SSSR count). The second-order valence-corrected chi connectivity index (χ2v) is 7.99. The maximum Gasteiger partial charge on any atom is 0.177 e. The van der Waals surface area contributed by atoms with Gasteiger partial charge in [0.1, 0.15) is 6.67 Å². The van der Waals surface area contributed by atoms with E-state index in [1.54, 1.807) is 18.4 Å². The van der Waals surface area contributed by atoms with Crippen molar-refractivity contribution in [3.05, 3.63) is 53.9 Å². The van der Waals surface area contributed by atoms with Crippen LogP contribution in [0.2, 0.25) is 0 Å². The Kier molecular flexibility index (Phi) is 4.08. The van der Waals surface area contributed by atoms with E-state index in [2.05, 4.69) is 18.2 Å². The predicted molar refractivity (Wildman–Crippen MR) is 112 cm³/mol. The first-order chi connectivity index (χ1) is 14.0. The van der Waals surface area contributed by atoms with Crippen molar-refractivity contribution in [3.63, 3.8) is 0 Å². The van der Waals surface area contributed by atoms with Crippen molar-refractivity contribution >= 4 is 38.8 Å². The lowest BCUT2D eigenvalue weighted by molar-refractivity contribution is -0.120. The molecule has 2 aromatic carbocycles. The highest BCUT2D eigenvalue weighted by molar-refractivity contribution is 6.38. The van der Waals surface area contributed by atoms with Crippen molar-refractivity contribution in [1.82, 2.24) is 14.5 Å². The van der Waals surface area contributed by atoms with Crippen LogP contribution in [0.15, 0.2) is 42.6 Å². The highest BCUT2D eigenvalue weighted by Gasteiger charge is 2.43. The number of benzene rings is 2. The molecule has 1 unspecified atom stereocenters. The second-order valence-electron chi connectivity index (χ2n) is 7.99. The van der Waals surface area contributed by atoms with E-state index >= 15 is 0 Å². The molecule has 0 fully saturated rings. The minimum absolute atomic E-state index is 0.0602. The molecular weight excluding hydrogens is 366 g/mol. The zero-order valence-electron chi connectivity index (χ0n) is 16.8. The Morgan fingerprint density at radius 1 is 1.10 bits per heavy atom. The predicted octanol–water partition coefficient (Wildman–Crippen LogP) is 3.30. The number of nitrogens with zero attached hydrogens (tertiary/aromatic N) is 3. The largest absolute Gasteiger partial charge is 0.319 e. The van der Waals surface area contributed by atoms with Crippen molar-refractivity contribution < 1.29 is 14.4 Å². The summed E-state index contributed by atoms with van der Waals surface area (Å²) in [7, 11) is 5.50. The number of hydroxylamine groups is 2. The SMILES string of the molecule is CON1C=C2C(=O)C(CCN(C)C)C(=O)c3c2n(c2ccc4ccccc4c32)C1. The summed E-state index contributed by atoms with van der Waals surface area (Å²) < 4.78 is 2.04. The van der Waals surface area contributed by atoms with Crippen LogP contribution in [0.25, 0.3) is 27.2 Å². The van der Waals surface area contributed by atoms with Crippen LogP contribution in [0.1, 0.15) is 22.5 Å². The van der Waals surface area contributed by atoms with Gasteiger partial charge in [-0.3, -0.25) is 14.4 Å². The molecule has 29 heavy (non-hydrogen) atoms. The van der Waals surface area contributed by atoms with E-state index in [-0.39, 0.29) is 11.6 Å². The van der Waals surface area contributed by atoms with Crippen LogP contribution in [0.4, 0.5) is 0 Å². The van der Waals surface area contributed by atoms with Gasteiger partial charge in [0.15, 0.2) is 11.6 Å². The topological polar surface area (TPSA) is 54.8 Å². The first kappa shape index (κ1) is 18.1. The number of rotatable bonds is 4. The molecule has 2 heterocycles. The summed E-state index contributed by atoms with van der Waals surface area (Å²) in [5, 5.41) is 4.72. The van der Waals surface area contributed by atoms with Gasteiger partial charge < -0.3 is 9.47 Å². The smallest absolute Gasteiger partial charge is 0.177 e. The first-order valence-electron chi connectivity index (χ1n) is 9.81. The summed E-state index contributed by atoms with van der Waals surface area (Å²) >= 11 is 0. The molecule has 6 nitrogen and oxygen atoms in total. The Balaban J connectivity index is 1.83. The normalized spacial score (nSPS) is 18.7.